The minimum atomic E-state index is -0.229. The second-order valence-corrected chi connectivity index (χ2v) is 9.25. The summed E-state index contributed by atoms with van der Waals surface area (Å²) < 4.78 is 5.99. The van der Waals surface area contributed by atoms with Gasteiger partial charge >= 0.3 is 0 Å². The molecule has 2 aromatic carbocycles. The van der Waals surface area contributed by atoms with Crippen LogP contribution in [-0.4, -0.2) is 29.1 Å². The van der Waals surface area contributed by atoms with Crippen molar-refractivity contribution in [3.05, 3.63) is 54.1 Å². The van der Waals surface area contributed by atoms with Crippen molar-refractivity contribution in [3.63, 3.8) is 0 Å². The summed E-state index contributed by atoms with van der Waals surface area (Å²) in [6, 6.07) is 11.9. The van der Waals surface area contributed by atoms with Crippen LogP contribution in [0.2, 0.25) is 0 Å². The molecule has 5 aliphatic rings. The molecule has 2 aromatic rings. The topological polar surface area (TPSA) is 59.0 Å². The van der Waals surface area contributed by atoms with Gasteiger partial charge in [-0.3, -0.25) is 9.59 Å². The largest absolute Gasteiger partial charge is 0.490 e. The van der Waals surface area contributed by atoms with Gasteiger partial charge in [0.2, 0.25) is 0 Å². The number of hydrogen-bond acceptors (Lipinski definition) is 4. The molecule has 1 saturated heterocycles. The number of carbonyl (C=O) groups excluding carboxylic acids is 2. The molecule has 5 heteroatoms. The average molecular weight is 400 g/mol. The molecule has 152 valence electrons. The number of amides is 2. The van der Waals surface area contributed by atoms with Gasteiger partial charge in [-0.15, -0.1) is 0 Å². The first-order chi connectivity index (χ1) is 14.5. The highest BCUT2D eigenvalue weighted by Crippen LogP contribution is 2.65. The number of nitrogens with zero attached hydrogens (tertiary/aromatic N) is 2. The third kappa shape index (κ3) is 2.44. The van der Waals surface area contributed by atoms with Crippen molar-refractivity contribution in [1.29, 1.82) is 0 Å². The summed E-state index contributed by atoms with van der Waals surface area (Å²) in [5.41, 5.74) is 0.793. The molecule has 4 aliphatic carbocycles. The van der Waals surface area contributed by atoms with Crippen molar-refractivity contribution in [2.75, 3.05) is 0 Å². The van der Waals surface area contributed by atoms with Crippen molar-refractivity contribution in [2.45, 2.75) is 26.4 Å². The van der Waals surface area contributed by atoms with E-state index in [1.165, 1.54) is 0 Å². The highest BCUT2D eigenvalue weighted by atomic mass is 16.5. The third-order valence-electron chi connectivity index (χ3n) is 7.24. The maximum Gasteiger partial charge on any atom is 0.254 e. The lowest BCUT2D eigenvalue weighted by Gasteiger charge is -2.37. The van der Waals surface area contributed by atoms with E-state index in [9.17, 15) is 9.59 Å². The van der Waals surface area contributed by atoms with E-state index < -0.39 is 0 Å². The van der Waals surface area contributed by atoms with Crippen molar-refractivity contribution in [2.24, 2.45) is 40.6 Å². The standard InChI is InChI=1S/C25H24N2O3/c1-13(2)30-21-10-7-14-5-3-4-6-15(14)20(21)12-26-27-24(28)22-16-8-9-17(19-11-18(16)19)23(22)25(27)29/h3-10,12-13,16-19,22-23H,11H2,1-2H3/t16-,17+,18-,19+,22-,23+. The van der Waals surface area contributed by atoms with Crippen LogP contribution in [-0.2, 0) is 9.59 Å². The van der Waals surface area contributed by atoms with Crippen LogP contribution in [0, 0.1) is 35.5 Å². The first-order valence-electron chi connectivity index (χ1n) is 10.8. The summed E-state index contributed by atoms with van der Waals surface area (Å²) in [6.07, 6.45) is 7.15. The maximum absolute atomic E-state index is 13.2. The zero-order valence-corrected chi connectivity index (χ0v) is 17.1. The van der Waals surface area contributed by atoms with Crippen LogP contribution in [0.4, 0.5) is 0 Å². The summed E-state index contributed by atoms with van der Waals surface area (Å²) in [5.74, 6) is 1.55. The van der Waals surface area contributed by atoms with Gasteiger partial charge in [0.05, 0.1) is 24.2 Å². The Morgan fingerprint density at radius 3 is 2.33 bits per heavy atom. The molecule has 0 N–H and O–H groups in total. The Bertz CT molecular complexity index is 1100. The van der Waals surface area contributed by atoms with Crippen LogP contribution in [0.1, 0.15) is 25.8 Å². The van der Waals surface area contributed by atoms with Gasteiger partial charge in [0, 0.05) is 5.56 Å². The lowest BCUT2D eigenvalue weighted by atomic mass is 9.63. The minimum Gasteiger partial charge on any atom is -0.490 e. The Balaban J connectivity index is 1.38. The zero-order chi connectivity index (χ0) is 20.6. The quantitative estimate of drug-likeness (QED) is 0.443. The molecule has 1 heterocycles. The molecule has 5 nitrogen and oxygen atoms in total. The summed E-state index contributed by atoms with van der Waals surface area (Å²) in [5, 5.41) is 7.61. The normalized spacial score (nSPS) is 33.6. The molecule has 1 aliphatic heterocycles. The number of hydrazone groups is 1. The molecular weight excluding hydrogens is 376 g/mol. The number of hydrogen-bond donors (Lipinski definition) is 0. The fourth-order valence-electron chi connectivity index (χ4n) is 5.94. The van der Waals surface area contributed by atoms with Gasteiger partial charge in [-0.25, -0.2) is 0 Å². The van der Waals surface area contributed by atoms with E-state index >= 15 is 0 Å². The van der Waals surface area contributed by atoms with Gasteiger partial charge in [-0.2, -0.15) is 10.1 Å². The Morgan fingerprint density at radius 1 is 1.00 bits per heavy atom. The molecule has 2 bridgehead atoms. The Labute approximate surface area is 175 Å². The van der Waals surface area contributed by atoms with Crippen molar-refractivity contribution in [3.8, 4) is 5.75 Å². The third-order valence-corrected chi connectivity index (χ3v) is 7.24. The van der Waals surface area contributed by atoms with E-state index in [0.29, 0.717) is 17.6 Å². The summed E-state index contributed by atoms with van der Waals surface area (Å²) in [7, 11) is 0. The van der Waals surface area contributed by atoms with Crippen LogP contribution >= 0.6 is 0 Å². The Morgan fingerprint density at radius 2 is 1.67 bits per heavy atom. The molecule has 2 saturated carbocycles. The van der Waals surface area contributed by atoms with E-state index in [-0.39, 0.29) is 41.6 Å². The molecule has 0 spiro atoms. The number of carbonyl (C=O) groups is 2. The van der Waals surface area contributed by atoms with Gasteiger partial charge in [-0.05, 0) is 60.8 Å². The second-order valence-electron chi connectivity index (χ2n) is 9.25. The SMILES string of the molecule is CC(C)Oc1ccc2ccccc2c1C=NN1C(=O)[C@@H]2[C@@H]3C=C[C@@H]([C@@H]4C[C@H]34)[C@@H]2C1=O. The molecule has 2 amide bonds. The molecule has 30 heavy (non-hydrogen) atoms. The molecule has 6 atom stereocenters. The summed E-state index contributed by atoms with van der Waals surface area (Å²) in [6.45, 7) is 3.95. The summed E-state index contributed by atoms with van der Waals surface area (Å²) in [4.78, 5) is 26.4. The monoisotopic (exact) mass is 400 g/mol. The van der Waals surface area contributed by atoms with Crippen LogP contribution in [0.3, 0.4) is 0 Å². The highest BCUT2D eigenvalue weighted by molar-refractivity contribution is 6.08. The van der Waals surface area contributed by atoms with Crippen LogP contribution in [0.15, 0.2) is 53.7 Å². The van der Waals surface area contributed by atoms with Gasteiger partial charge in [0.15, 0.2) is 0 Å². The Hall–Kier alpha value is -2.95. The number of allylic oxidation sites excluding steroid dienone is 2. The highest BCUT2D eigenvalue weighted by Gasteiger charge is 2.67. The Kier molecular flexibility index (Phi) is 3.74. The van der Waals surface area contributed by atoms with Gasteiger partial charge < -0.3 is 4.74 Å². The lowest BCUT2D eigenvalue weighted by molar-refractivity contribution is -0.140. The minimum absolute atomic E-state index is 0.00431. The molecular formula is C25H24N2O3. The predicted octanol–water partition coefficient (Wildman–Crippen LogP) is 4.01. The fraction of sp³-hybridized carbons (Fsp3) is 0.400. The van der Waals surface area contributed by atoms with Crippen LogP contribution in [0.5, 0.6) is 5.75 Å². The predicted molar refractivity (Wildman–Crippen MR) is 114 cm³/mol. The number of fused-ring (bicyclic) bond motifs is 1. The van der Waals surface area contributed by atoms with Crippen LogP contribution < -0.4 is 4.74 Å². The van der Waals surface area contributed by atoms with Crippen molar-refractivity contribution in [1.82, 2.24) is 5.01 Å². The van der Waals surface area contributed by atoms with Gasteiger partial charge in [0.25, 0.3) is 11.8 Å². The molecule has 0 radical (unpaired) electrons. The number of ether oxygens (including phenoxy) is 1. The zero-order valence-electron chi connectivity index (χ0n) is 17.1. The van der Waals surface area contributed by atoms with E-state index in [1.807, 2.05) is 50.2 Å². The number of benzene rings is 2. The van der Waals surface area contributed by atoms with Crippen molar-refractivity contribution >= 4 is 28.8 Å². The van der Waals surface area contributed by atoms with Crippen LogP contribution in [0.25, 0.3) is 10.8 Å². The maximum atomic E-state index is 13.2. The molecule has 7 rings (SSSR count). The second kappa shape index (κ2) is 6.27. The van der Waals surface area contributed by atoms with E-state index in [2.05, 4.69) is 17.3 Å². The number of imide groups is 1. The first-order valence-corrected chi connectivity index (χ1v) is 10.8. The summed E-state index contributed by atoms with van der Waals surface area (Å²) >= 11 is 0. The van der Waals surface area contributed by atoms with Crippen molar-refractivity contribution < 1.29 is 14.3 Å². The van der Waals surface area contributed by atoms with Gasteiger partial charge in [-0.1, -0.05) is 42.5 Å². The fourth-order valence-corrected chi connectivity index (χ4v) is 5.94. The van der Waals surface area contributed by atoms with E-state index in [4.69, 9.17) is 4.74 Å². The number of rotatable bonds is 4. The first kappa shape index (κ1) is 17.9. The molecule has 3 fully saturated rings. The molecule has 0 aromatic heterocycles. The average Bonchev–Trinajstić information content (AvgIpc) is 3.52. The smallest absolute Gasteiger partial charge is 0.254 e. The van der Waals surface area contributed by atoms with E-state index in [0.717, 1.165) is 27.8 Å². The van der Waals surface area contributed by atoms with E-state index in [1.54, 1.807) is 6.21 Å². The van der Waals surface area contributed by atoms with Gasteiger partial charge in [0.1, 0.15) is 5.75 Å². The lowest BCUT2D eigenvalue weighted by Crippen LogP contribution is -2.40. The molecule has 0 unspecified atom stereocenters.